The van der Waals surface area contributed by atoms with Crippen molar-refractivity contribution in [3.63, 3.8) is 0 Å². The van der Waals surface area contributed by atoms with E-state index in [0.717, 1.165) is 25.7 Å². The SMILES string of the molecule is CC1CCC(C(=O)C(C#N)c2ccc(Cl)c(Cl)c2)CC1. The van der Waals surface area contributed by atoms with E-state index in [9.17, 15) is 10.1 Å². The normalized spacial score (nSPS) is 23.9. The summed E-state index contributed by atoms with van der Waals surface area (Å²) in [5, 5.41) is 10.2. The molecule has 0 bridgehead atoms. The number of hydrogen-bond donors (Lipinski definition) is 0. The van der Waals surface area contributed by atoms with Gasteiger partial charge in [-0.15, -0.1) is 0 Å². The predicted octanol–water partition coefficient (Wildman–Crippen LogP) is 5.00. The largest absolute Gasteiger partial charge is 0.298 e. The summed E-state index contributed by atoms with van der Waals surface area (Å²) in [6.45, 7) is 2.21. The molecule has 1 aromatic carbocycles. The topological polar surface area (TPSA) is 40.9 Å². The second kappa shape index (κ2) is 6.61. The molecule has 1 aliphatic carbocycles. The van der Waals surface area contributed by atoms with Crippen LogP contribution in [0, 0.1) is 23.2 Å². The van der Waals surface area contributed by atoms with Gasteiger partial charge in [-0.1, -0.05) is 49.0 Å². The lowest BCUT2D eigenvalue weighted by Crippen LogP contribution is -2.25. The van der Waals surface area contributed by atoms with Crippen molar-refractivity contribution in [2.75, 3.05) is 0 Å². The second-order valence-corrected chi connectivity index (χ2v) is 6.41. The Bertz CT molecular complexity index is 542. The predicted molar refractivity (Wildman–Crippen MR) is 80.9 cm³/mol. The van der Waals surface area contributed by atoms with Gasteiger partial charge < -0.3 is 0 Å². The van der Waals surface area contributed by atoms with Gasteiger partial charge in [0.05, 0.1) is 16.1 Å². The Morgan fingerprint density at radius 1 is 1.25 bits per heavy atom. The minimum absolute atomic E-state index is 0.00491. The zero-order valence-electron chi connectivity index (χ0n) is 11.4. The fourth-order valence-electron chi connectivity index (χ4n) is 2.77. The average molecular weight is 310 g/mol. The van der Waals surface area contributed by atoms with Crippen LogP contribution in [0.2, 0.25) is 10.0 Å². The van der Waals surface area contributed by atoms with Crippen LogP contribution in [-0.4, -0.2) is 5.78 Å². The summed E-state index contributed by atoms with van der Waals surface area (Å²) in [4.78, 5) is 12.5. The quantitative estimate of drug-likeness (QED) is 0.788. The van der Waals surface area contributed by atoms with Crippen molar-refractivity contribution in [3.8, 4) is 6.07 Å². The third-order valence-electron chi connectivity index (χ3n) is 4.11. The van der Waals surface area contributed by atoms with Crippen LogP contribution in [0.3, 0.4) is 0 Å². The summed E-state index contributed by atoms with van der Waals surface area (Å²) < 4.78 is 0. The molecule has 0 aromatic heterocycles. The molecular weight excluding hydrogens is 293 g/mol. The highest BCUT2D eigenvalue weighted by atomic mass is 35.5. The summed E-state index contributed by atoms with van der Waals surface area (Å²) >= 11 is 11.8. The smallest absolute Gasteiger partial charge is 0.157 e. The first-order chi connectivity index (χ1) is 9.52. The molecule has 1 unspecified atom stereocenters. The minimum Gasteiger partial charge on any atom is -0.298 e. The number of nitrogens with zero attached hydrogens (tertiary/aromatic N) is 1. The molecule has 0 spiro atoms. The van der Waals surface area contributed by atoms with E-state index < -0.39 is 5.92 Å². The van der Waals surface area contributed by atoms with Crippen molar-refractivity contribution in [2.45, 2.75) is 38.5 Å². The summed E-state index contributed by atoms with van der Waals surface area (Å²) in [6, 6.07) is 7.10. The van der Waals surface area contributed by atoms with Gasteiger partial charge in [0.25, 0.3) is 0 Å². The van der Waals surface area contributed by atoms with Gasteiger partial charge >= 0.3 is 0 Å². The summed E-state index contributed by atoms with van der Waals surface area (Å²) in [5.41, 5.74) is 0.644. The Labute approximate surface area is 129 Å². The molecule has 0 N–H and O–H groups in total. The molecule has 1 atom stereocenters. The van der Waals surface area contributed by atoms with E-state index in [1.807, 2.05) is 0 Å². The van der Waals surface area contributed by atoms with Gasteiger partial charge in [0.1, 0.15) is 5.92 Å². The van der Waals surface area contributed by atoms with E-state index in [1.54, 1.807) is 18.2 Å². The summed E-state index contributed by atoms with van der Waals surface area (Å²) in [7, 11) is 0. The van der Waals surface area contributed by atoms with E-state index in [1.165, 1.54) is 0 Å². The van der Waals surface area contributed by atoms with Crippen LogP contribution in [0.4, 0.5) is 0 Å². The summed E-state index contributed by atoms with van der Waals surface area (Å²) in [6.07, 6.45) is 3.91. The second-order valence-electron chi connectivity index (χ2n) is 5.59. The number of carbonyl (C=O) groups is 1. The van der Waals surface area contributed by atoms with Crippen molar-refractivity contribution in [3.05, 3.63) is 33.8 Å². The van der Waals surface area contributed by atoms with Crippen molar-refractivity contribution >= 4 is 29.0 Å². The van der Waals surface area contributed by atoms with Crippen LogP contribution >= 0.6 is 23.2 Å². The number of rotatable bonds is 3. The van der Waals surface area contributed by atoms with E-state index in [2.05, 4.69) is 13.0 Å². The lowest BCUT2D eigenvalue weighted by atomic mass is 9.77. The monoisotopic (exact) mass is 309 g/mol. The van der Waals surface area contributed by atoms with Gasteiger partial charge in [0.2, 0.25) is 0 Å². The van der Waals surface area contributed by atoms with Gasteiger partial charge in [-0.05, 0) is 36.5 Å². The van der Waals surface area contributed by atoms with Gasteiger partial charge in [0, 0.05) is 5.92 Å². The van der Waals surface area contributed by atoms with Crippen LogP contribution < -0.4 is 0 Å². The molecule has 4 heteroatoms. The molecule has 106 valence electrons. The number of nitriles is 1. The number of hydrogen-bond acceptors (Lipinski definition) is 2. The molecule has 0 radical (unpaired) electrons. The Kier molecular flexibility index (Phi) is 5.07. The first-order valence-corrected chi connectivity index (χ1v) is 7.66. The molecule has 1 aromatic rings. The Morgan fingerprint density at radius 2 is 1.90 bits per heavy atom. The van der Waals surface area contributed by atoms with Crippen molar-refractivity contribution < 1.29 is 4.79 Å². The molecule has 0 amide bonds. The molecule has 0 heterocycles. The fraction of sp³-hybridized carbons (Fsp3) is 0.500. The average Bonchev–Trinajstić information content (AvgIpc) is 2.44. The van der Waals surface area contributed by atoms with E-state index in [0.29, 0.717) is 21.5 Å². The van der Waals surface area contributed by atoms with Gasteiger partial charge in [-0.25, -0.2) is 0 Å². The highest BCUT2D eigenvalue weighted by Crippen LogP contribution is 2.34. The maximum absolute atomic E-state index is 12.5. The Hall–Kier alpha value is -1.04. The molecule has 0 aliphatic heterocycles. The van der Waals surface area contributed by atoms with Crippen LogP contribution in [0.5, 0.6) is 0 Å². The summed E-state index contributed by atoms with van der Waals surface area (Å²) in [5.74, 6) is -0.0178. The molecule has 1 fully saturated rings. The molecule has 20 heavy (non-hydrogen) atoms. The zero-order chi connectivity index (χ0) is 14.7. The van der Waals surface area contributed by atoms with Crippen LogP contribution in [0.25, 0.3) is 0 Å². The first kappa shape index (κ1) is 15.4. The molecule has 0 saturated heterocycles. The highest BCUT2D eigenvalue weighted by Gasteiger charge is 2.31. The number of Topliss-reactive ketones (excluding diaryl/α,β-unsaturated/α-hetero) is 1. The van der Waals surface area contributed by atoms with E-state index in [4.69, 9.17) is 23.2 Å². The van der Waals surface area contributed by atoms with Crippen molar-refractivity contribution in [1.82, 2.24) is 0 Å². The van der Waals surface area contributed by atoms with E-state index in [-0.39, 0.29) is 11.7 Å². The first-order valence-electron chi connectivity index (χ1n) is 6.91. The number of benzene rings is 1. The number of carbonyl (C=O) groups excluding carboxylic acids is 1. The van der Waals surface area contributed by atoms with E-state index >= 15 is 0 Å². The zero-order valence-corrected chi connectivity index (χ0v) is 12.9. The Morgan fingerprint density at radius 3 is 2.45 bits per heavy atom. The van der Waals surface area contributed by atoms with Crippen LogP contribution in [0.15, 0.2) is 18.2 Å². The third-order valence-corrected chi connectivity index (χ3v) is 4.85. The maximum atomic E-state index is 12.5. The van der Waals surface area contributed by atoms with Gasteiger partial charge in [0.15, 0.2) is 5.78 Å². The number of halogens is 2. The molecular formula is C16H17Cl2NO. The maximum Gasteiger partial charge on any atom is 0.157 e. The Balaban J connectivity index is 2.17. The van der Waals surface area contributed by atoms with Gasteiger partial charge in [-0.2, -0.15) is 5.26 Å². The lowest BCUT2D eigenvalue weighted by Gasteiger charge is -2.26. The third kappa shape index (κ3) is 3.34. The van der Waals surface area contributed by atoms with Crippen molar-refractivity contribution in [1.29, 1.82) is 5.26 Å². The standard InChI is InChI=1S/C16H17Cl2NO/c1-10-2-4-11(5-3-10)16(20)13(9-19)12-6-7-14(17)15(18)8-12/h6-8,10-11,13H,2-5H2,1H3. The lowest BCUT2D eigenvalue weighted by molar-refractivity contribution is -0.124. The highest BCUT2D eigenvalue weighted by molar-refractivity contribution is 6.42. The van der Waals surface area contributed by atoms with Gasteiger partial charge in [-0.3, -0.25) is 4.79 Å². The molecule has 2 nitrogen and oxygen atoms in total. The number of ketones is 1. The van der Waals surface area contributed by atoms with Crippen LogP contribution in [-0.2, 0) is 4.79 Å². The molecule has 1 aliphatic rings. The minimum atomic E-state index is -0.733. The van der Waals surface area contributed by atoms with Crippen LogP contribution in [0.1, 0.15) is 44.1 Å². The van der Waals surface area contributed by atoms with Crippen molar-refractivity contribution in [2.24, 2.45) is 11.8 Å². The molecule has 2 rings (SSSR count). The fourth-order valence-corrected chi connectivity index (χ4v) is 3.08. The molecule has 1 saturated carbocycles.